The van der Waals surface area contributed by atoms with Crippen molar-refractivity contribution >= 4 is 24.1 Å². The highest BCUT2D eigenvalue weighted by Gasteiger charge is 2.64. The third kappa shape index (κ3) is 12.8. The van der Waals surface area contributed by atoms with Crippen molar-refractivity contribution in [3.05, 3.63) is 47.6 Å². The zero-order chi connectivity index (χ0) is 40.3. The maximum absolute atomic E-state index is 12.8. The fraction of sp³-hybridized carbons (Fsp3) is 0.650. The number of aromatic hydroxyl groups is 2. The lowest BCUT2D eigenvalue weighted by molar-refractivity contribution is -0.146. The van der Waals surface area contributed by atoms with Crippen LogP contribution >= 0.6 is 0 Å². The Morgan fingerprint density at radius 1 is 1.09 bits per heavy atom. The Hall–Kier alpha value is -4.02. The fourth-order valence-corrected chi connectivity index (χ4v) is 7.30. The van der Waals surface area contributed by atoms with Gasteiger partial charge in [-0.3, -0.25) is 14.4 Å². The number of esters is 1. The Labute approximate surface area is 323 Å². The molecule has 10 atom stereocenters. The number of amides is 1. The number of aromatic nitrogens is 1. The van der Waals surface area contributed by atoms with E-state index in [0.717, 1.165) is 18.3 Å². The van der Waals surface area contributed by atoms with Crippen LogP contribution in [0.4, 0.5) is 0 Å². The Balaban J connectivity index is 1.19. The van der Waals surface area contributed by atoms with E-state index >= 15 is 0 Å². The normalized spacial score (nSPS) is 30.2. The number of allylic oxidation sites excluding steroid dienone is 2. The van der Waals surface area contributed by atoms with Crippen molar-refractivity contribution in [1.82, 2.24) is 15.4 Å². The first-order chi connectivity index (χ1) is 26.1. The lowest BCUT2D eigenvalue weighted by Gasteiger charge is -2.39. The van der Waals surface area contributed by atoms with Crippen molar-refractivity contribution < 1.29 is 58.3 Å². The number of aliphatic hydroxyl groups excluding tert-OH is 1. The summed E-state index contributed by atoms with van der Waals surface area (Å²) < 4.78 is 24.3. The summed E-state index contributed by atoms with van der Waals surface area (Å²) in [5.41, 5.74) is 0.738. The Kier molecular flexibility index (Phi) is 16.1. The Morgan fingerprint density at radius 2 is 1.80 bits per heavy atom. The summed E-state index contributed by atoms with van der Waals surface area (Å²) in [7, 11) is 0. The maximum atomic E-state index is 12.8. The zero-order valence-electron chi connectivity index (χ0n) is 32.8. The second kappa shape index (κ2) is 20.2. The maximum Gasteiger partial charge on any atom is 0.333 e. The summed E-state index contributed by atoms with van der Waals surface area (Å²) in [4.78, 5) is 52.5. The van der Waals surface area contributed by atoms with Gasteiger partial charge in [0, 0.05) is 56.6 Å². The van der Waals surface area contributed by atoms with Crippen LogP contribution < -0.4 is 15.5 Å². The molecular weight excluding hydrogens is 714 g/mol. The smallest absolute Gasteiger partial charge is 0.333 e. The predicted molar refractivity (Wildman–Crippen MR) is 201 cm³/mol. The van der Waals surface area contributed by atoms with Crippen LogP contribution in [0.2, 0.25) is 0 Å². The van der Waals surface area contributed by atoms with Gasteiger partial charge in [0.05, 0.1) is 30.8 Å². The molecule has 0 radical (unpaired) electrons. The number of carbonyl (C=O) groups excluding carboxylic acids is 4. The number of nitrogens with zero attached hydrogens (tertiary/aromatic N) is 1. The molecule has 5 N–H and O–H groups in total. The fourth-order valence-electron chi connectivity index (χ4n) is 7.30. The van der Waals surface area contributed by atoms with E-state index in [1.54, 1.807) is 13.0 Å². The van der Waals surface area contributed by atoms with Gasteiger partial charge in [-0.2, -0.15) is 0 Å². The SMILES string of the molecule is CC(=O)OC(C)C=C(C=O)CNC1CC(C)C(CC=C(C)C=CC2OC(CC(=O)NCCCCCC(=O)On3c(O)ccc3O)CC3(OC3C)C2O)OC1C. The van der Waals surface area contributed by atoms with Gasteiger partial charge in [0.15, 0.2) is 0 Å². The lowest BCUT2D eigenvalue weighted by Crippen LogP contribution is -2.51. The average molecular weight is 774 g/mol. The summed E-state index contributed by atoms with van der Waals surface area (Å²) in [5.74, 6) is -1.68. The number of ether oxygens (including phenoxy) is 4. The van der Waals surface area contributed by atoms with Crippen LogP contribution in [0.25, 0.3) is 0 Å². The highest BCUT2D eigenvalue weighted by Crippen LogP contribution is 2.49. The van der Waals surface area contributed by atoms with Crippen LogP contribution in [0.3, 0.4) is 0 Å². The minimum Gasteiger partial charge on any atom is -0.492 e. The standard InChI is InChI=1S/C40H59N3O12/c1-24(11-13-33-25(2)18-32(27(4)52-33)42-22-30(23-44)19-26(3)51-29(6)45)12-14-34-39(50)40(28(5)54-40)21-31(53-34)20-35(46)41-17-9-7-8-10-38(49)55-43-36(47)15-16-37(43)48/h11-12,14-16,19,23,25-28,31-34,39,42,47-48,50H,7-10,13,17-18,20-22H2,1-6H3,(H,41,46). The summed E-state index contributed by atoms with van der Waals surface area (Å²) >= 11 is 0. The minimum atomic E-state index is -0.880. The third-order valence-corrected chi connectivity index (χ3v) is 10.5. The van der Waals surface area contributed by atoms with E-state index in [1.165, 1.54) is 19.1 Å². The summed E-state index contributed by atoms with van der Waals surface area (Å²) in [6.45, 7) is 11.9. The van der Waals surface area contributed by atoms with Crippen molar-refractivity contribution in [2.75, 3.05) is 13.1 Å². The molecule has 1 spiro atoms. The van der Waals surface area contributed by atoms with Gasteiger partial charge in [-0.15, -0.1) is 4.73 Å². The molecule has 1 amide bonds. The molecule has 1 aromatic rings. The molecule has 3 saturated heterocycles. The van der Waals surface area contributed by atoms with Gasteiger partial charge >= 0.3 is 11.9 Å². The number of aliphatic hydroxyl groups is 1. The van der Waals surface area contributed by atoms with Crippen molar-refractivity contribution in [1.29, 1.82) is 0 Å². The molecular formula is C40H59N3O12. The molecule has 3 fully saturated rings. The average Bonchev–Trinajstić information content (AvgIpc) is 3.66. The molecule has 0 aromatic carbocycles. The summed E-state index contributed by atoms with van der Waals surface area (Å²) in [6, 6.07) is 2.47. The van der Waals surface area contributed by atoms with Crippen molar-refractivity contribution in [3.63, 3.8) is 0 Å². The van der Waals surface area contributed by atoms with Gasteiger partial charge in [-0.1, -0.05) is 37.1 Å². The minimum absolute atomic E-state index is 0.00211. The van der Waals surface area contributed by atoms with Crippen LogP contribution in [-0.4, -0.2) is 112 Å². The summed E-state index contributed by atoms with van der Waals surface area (Å²) in [6.07, 6.45) is 9.53. The number of hydrogen-bond donors (Lipinski definition) is 5. The predicted octanol–water partition coefficient (Wildman–Crippen LogP) is 3.34. The number of hydrogen-bond acceptors (Lipinski definition) is 13. The lowest BCUT2D eigenvalue weighted by atomic mass is 9.84. The van der Waals surface area contributed by atoms with Crippen LogP contribution in [0, 0.1) is 5.92 Å². The van der Waals surface area contributed by atoms with Gasteiger partial charge in [0.1, 0.15) is 30.2 Å². The molecule has 55 heavy (non-hydrogen) atoms. The van der Waals surface area contributed by atoms with Crippen molar-refractivity contribution in [2.24, 2.45) is 5.92 Å². The highest BCUT2D eigenvalue weighted by atomic mass is 16.7. The van der Waals surface area contributed by atoms with E-state index in [0.29, 0.717) is 55.5 Å². The molecule has 3 aliphatic rings. The van der Waals surface area contributed by atoms with Gasteiger partial charge in [0.2, 0.25) is 17.7 Å². The largest absolute Gasteiger partial charge is 0.492 e. The quantitative estimate of drug-likeness (QED) is 0.0342. The van der Waals surface area contributed by atoms with E-state index < -0.39 is 42.0 Å². The van der Waals surface area contributed by atoms with E-state index in [4.69, 9.17) is 23.8 Å². The number of epoxide rings is 1. The number of nitrogens with one attached hydrogen (secondary N) is 2. The zero-order valence-corrected chi connectivity index (χ0v) is 32.8. The Bertz CT molecular complexity index is 1550. The van der Waals surface area contributed by atoms with Gasteiger partial charge < -0.3 is 49.7 Å². The van der Waals surface area contributed by atoms with Gasteiger partial charge in [-0.05, 0) is 65.4 Å². The third-order valence-electron chi connectivity index (χ3n) is 10.5. The molecule has 1 aromatic heterocycles. The van der Waals surface area contributed by atoms with Crippen molar-refractivity contribution in [3.8, 4) is 11.8 Å². The van der Waals surface area contributed by atoms with Gasteiger partial charge in [-0.25, -0.2) is 4.79 Å². The van der Waals surface area contributed by atoms with Crippen LogP contribution in [0.1, 0.15) is 92.9 Å². The molecule has 4 heterocycles. The molecule has 15 heteroatoms. The van der Waals surface area contributed by atoms with Crippen LogP contribution in [-0.2, 0) is 38.1 Å². The number of rotatable bonds is 19. The number of aldehydes is 1. The van der Waals surface area contributed by atoms with E-state index in [2.05, 4.69) is 23.6 Å². The molecule has 0 aliphatic carbocycles. The second-order valence-electron chi connectivity index (χ2n) is 15.1. The molecule has 0 saturated carbocycles. The van der Waals surface area contributed by atoms with E-state index in [9.17, 15) is 34.5 Å². The van der Waals surface area contributed by atoms with Gasteiger partial charge in [0.25, 0.3) is 0 Å². The van der Waals surface area contributed by atoms with Crippen LogP contribution in [0.5, 0.6) is 11.8 Å². The Morgan fingerprint density at radius 3 is 2.45 bits per heavy atom. The second-order valence-corrected chi connectivity index (χ2v) is 15.1. The van der Waals surface area contributed by atoms with Crippen molar-refractivity contribution in [2.45, 2.75) is 147 Å². The summed E-state index contributed by atoms with van der Waals surface area (Å²) in [5, 5.41) is 36.7. The first-order valence-corrected chi connectivity index (χ1v) is 19.3. The first-order valence-electron chi connectivity index (χ1n) is 19.3. The van der Waals surface area contributed by atoms with Crippen LogP contribution in [0.15, 0.2) is 47.6 Å². The van der Waals surface area contributed by atoms with E-state index in [1.807, 2.05) is 32.9 Å². The topological polar surface area (TPSA) is 207 Å². The number of unbranched alkanes of at least 4 members (excludes halogenated alkanes) is 2. The molecule has 4 rings (SSSR count). The monoisotopic (exact) mass is 773 g/mol. The molecule has 10 unspecified atom stereocenters. The molecule has 3 aliphatic heterocycles. The molecule has 306 valence electrons. The van der Waals surface area contributed by atoms with E-state index in [-0.39, 0.29) is 60.8 Å². The first kappa shape index (κ1) is 43.7. The highest BCUT2D eigenvalue weighted by molar-refractivity contribution is 5.76. The number of carbonyl (C=O) groups is 4. The molecule has 15 nitrogen and oxygen atoms in total. The molecule has 0 bridgehead atoms.